The van der Waals surface area contributed by atoms with Crippen LogP contribution in [0.5, 0.6) is 11.5 Å². The minimum absolute atomic E-state index is 0.0536. The van der Waals surface area contributed by atoms with Gasteiger partial charge in [0.1, 0.15) is 0 Å². The lowest BCUT2D eigenvalue weighted by Crippen LogP contribution is -2.01. The standard InChI is InChI=1S/C16H20O3/c1-18-15-9-8-13(11-16(15)19-2)14(17)10-12-6-4-3-5-7-12/h8-11H,3-7H2,1-2H3. The van der Waals surface area contributed by atoms with E-state index in [1.165, 1.54) is 24.8 Å². The van der Waals surface area contributed by atoms with Gasteiger partial charge in [-0.3, -0.25) is 4.79 Å². The minimum Gasteiger partial charge on any atom is -0.493 e. The van der Waals surface area contributed by atoms with Gasteiger partial charge in [-0.2, -0.15) is 0 Å². The SMILES string of the molecule is COc1ccc(C(=O)C=C2CCCCC2)cc1OC. The maximum absolute atomic E-state index is 12.2. The molecule has 1 aromatic carbocycles. The van der Waals surface area contributed by atoms with E-state index in [-0.39, 0.29) is 5.78 Å². The van der Waals surface area contributed by atoms with Gasteiger partial charge in [-0.1, -0.05) is 12.0 Å². The molecule has 0 aromatic heterocycles. The number of hydrogen-bond acceptors (Lipinski definition) is 3. The van der Waals surface area contributed by atoms with Crippen molar-refractivity contribution in [3.05, 3.63) is 35.4 Å². The second-order valence-electron chi connectivity index (χ2n) is 4.80. The number of hydrogen-bond donors (Lipinski definition) is 0. The molecule has 0 saturated heterocycles. The van der Waals surface area contributed by atoms with E-state index in [9.17, 15) is 4.79 Å². The van der Waals surface area contributed by atoms with Crippen LogP contribution in [0.15, 0.2) is 29.8 Å². The maximum atomic E-state index is 12.2. The summed E-state index contributed by atoms with van der Waals surface area (Å²) in [5.74, 6) is 1.29. The molecule has 0 spiro atoms. The summed E-state index contributed by atoms with van der Waals surface area (Å²) in [5.41, 5.74) is 1.92. The van der Waals surface area contributed by atoms with Crippen molar-refractivity contribution in [2.24, 2.45) is 0 Å². The number of rotatable bonds is 4. The molecule has 3 heteroatoms. The van der Waals surface area contributed by atoms with Crippen molar-refractivity contribution in [2.75, 3.05) is 14.2 Å². The van der Waals surface area contributed by atoms with E-state index in [4.69, 9.17) is 9.47 Å². The first kappa shape index (κ1) is 13.7. The molecule has 3 nitrogen and oxygen atoms in total. The van der Waals surface area contributed by atoms with Crippen LogP contribution in [0.4, 0.5) is 0 Å². The number of ketones is 1. The Morgan fingerprint density at radius 1 is 1.05 bits per heavy atom. The normalized spacial score (nSPS) is 14.9. The Kier molecular flexibility index (Phi) is 4.61. The third-order valence-electron chi connectivity index (χ3n) is 3.50. The molecule has 2 rings (SSSR count). The van der Waals surface area contributed by atoms with E-state index in [1.807, 2.05) is 0 Å². The molecule has 1 aliphatic rings. The molecule has 102 valence electrons. The zero-order valence-electron chi connectivity index (χ0n) is 11.6. The summed E-state index contributed by atoms with van der Waals surface area (Å²) in [5, 5.41) is 0. The number of methoxy groups -OCH3 is 2. The molecule has 1 aromatic rings. The zero-order chi connectivity index (χ0) is 13.7. The smallest absolute Gasteiger partial charge is 0.185 e. The molecular formula is C16H20O3. The number of carbonyl (C=O) groups excluding carboxylic acids is 1. The first-order chi connectivity index (χ1) is 9.24. The van der Waals surface area contributed by atoms with E-state index in [1.54, 1.807) is 38.5 Å². The highest BCUT2D eigenvalue weighted by Gasteiger charge is 2.11. The Labute approximate surface area is 114 Å². The number of benzene rings is 1. The van der Waals surface area contributed by atoms with Crippen molar-refractivity contribution in [3.8, 4) is 11.5 Å². The first-order valence-electron chi connectivity index (χ1n) is 6.70. The summed E-state index contributed by atoms with van der Waals surface area (Å²) in [4.78, 5) is 12.2. The lowest BCUT2D eigenvalue weighted by Gasteiger charge is -2.13. The number of carbonyl (C=O) groups is 1. The third-order valence-corrected chi connectivity index (χ3v) is 3.50. The van der Waals surface area contributed by atoms with Crippen LogP contribution in [-0.4, -0.2) is 20.0 Å². The molecular weight excluding hydrogens is 240 g/mol. The highest BCUT2D eigenvalue weighted by Crippen LogP contribution is 2.28. The van der Waals surface area contributed by atoms with Crippen molar-refractivity contribution in [1.82, 2.24) is 0 Å². The van der Waals surface area contributed by atoms with E-state index in [2.05, 4.69) is 0 Å². The summed E-state index contributed by atoms with van der Waals surface area (Å²) in [6.07, 6.45) is 7.58. The van der Waals surface area contributed by atoms with Gasteiger partial charge in [0.15, 0.2) is 17.3 Å². The molecule has 0 amide bonds. The molecule has 0 radical (unpaired) electrons. The zero-order valence-corrected chi connectivity index (χ0v) is 11.6. The van der Waals surface area contributed by atoms with Crippen LogP contribution >= 0.6 is 0 Å². The van der Waals surface area contributed by atoms with Crippen LogP contribution in [0.25, 0.3) is 0 Å². The van der Waals surface area contributed by atoms with Crippen molar-refractivity contribution in [3.63, 3.8) is 0 Å². The van der Waals surface area contributed by atoms with Crippen LogP contribution in [0.1, 0.15) is 42.5 Å². The molecule has 0 aliphatic heterocycles. The van der Waals surface area contributed by atoms with Gasteiger partial charge in [-0.25, -0.2) is 0 Å². The third kappa shape index (κ3) is 3.37. The van der Waals surface area contributed by atoms with Gasteiger partial charge < -0.3 is 9.47 Å². The lowest BCUT2D eigenvalue weighted by atomic mass is 9.93. The fourth-order valence-electron chi connectivity index (χ4n) is 2.41. The summed E-state index contributed by atoms with van der Waals surface area (Å²) >= 11 is 0. The van der Waals surface area contributed by atoms with Gasteiger partial charge in [0.2, 0.25) is 0 Å². The van der Waals surface area contributed by atoms with E-state index in [0.29, 0.717) is 17.1 Å². The van der Waals surface area contributed by atoms with Crippen molar-refractivity contribution in [2.45, 2.75) is 32.1 Å². The molecule has 1 fully saturated rings. The quantitative estimate of drug-likeness (QED) is 0.610. The highest BCUT2D eigenvalue weighted by molar-refractivity contribution is 6.05. The Hall–Kier alpha value is -1.77. The van der Waals surface area contributed by atoms with Gasteiger partial charge in [-0.05, 0) is 50.0 Å². The van der Waals surface area contributed by atoms with Crippen molar-refractivity contribution in [1.29, 1.82) is 0 Å². The van der Waals surface area contributed by atoms with Crippen LogP contribution in [0, 0.1) is 0 Å². The van der Waals surface area contributed by atoms with Crippen LogP contribution < -0.4 is 9.47 Å². The fourth-order valence-corrected chi connectivity index (χ4v) is 2.41. The molecule has 0 heterocycles. The molecule has 0 N–H and O–H groups in total. The monoisotopic (exact) mass is 260 g/mol. The van der Waals surface area contributed by atoms with E-state index >= 15 is 0 Å². The van der Waals surface area contributed by atoms with Crippen molar-refractivity contribution < 1.29 is 14.3 Å². The summed E-state index contributed by atoms with van der Waals surface area (Å²) in [6.45, 7) is 0. The van der Waals surface area contributed by atoms with Gasteiger partial charge in [-0.15, -0.1) is 0 Å². The van der Waals surface area contributed by atoms with Gasteiger partial charge >= 0.3 is 0 Å². The molecule has 1 saturated carbocycles. The average Bonchev–Trinajstić information content (AvgIpc) is 2.47. The second-order valence-corrected chi connectivity index (χ2v) is 4.80. The molecule has 1 aliphatic carbocycles. The summed E-state index contributed by atoms with van der Waals surface area (Å²) < 4.78 is 10.4. The van der Waals surface area contributed by atoms with Crippen LogP contribution in [0.2, 0.25) is 0 Å². The maximum Gasteiger partial charge on any atom is 0.185 e. The molecule has 0 atom stereocenters. The largest absolute Gasteiger partial charge is 0.493 e. The van der Waals surface area contributed by atoms with Gasteiger partial charge in [0, 0.05) is 5.56 Å². The minimum atomic E-state index is 0.0536. The predicted octanol–water partition coefficient (Wildman–Crippen LogP) is 3.78. The predicted molar refractivity (Wildman–Crippen MR) is 75.0 cm³/mol. The van der Waals surface area contributed by atoms with Crippen LogP contribution in [-0.2, 0) is 0 Å². The molecule has 0 bridgehead atoms. The average molecular weight is 260 g/mol. The molecule has 19 heavy (non-hydrogen) atoms. The lowest BCUT2D eigenvalue weighted by molar-refractivity contribution is 0.104. The van der Waals surface area contributed by atoms with E-state index < -0.39 is 0 Å². The van der Waals surface area contributed by atoms with Crippen LogP contribution in [0.3, 0.4) is 0 Å². The Morgan fingerprint density at radius 2 is 1.74 bits per heavy atom. The number of ether oxygens (including phenoxy) is 2. The first-order valence-corrected chi connectivity index (χ1v) is 6.70. The topological polar surface area (TPSA) is 35.5 Å². The highest BCUT2D eigenvalue weighted by atomic mass is 16.5. The second kappa shape index (κ2) is 6.41. The summed E-state index contributed by atoms with van der Waals surface area (Å²) in [7, 11) is 3.16. The van der Waals surface area contributed by atoms with E-state index in [0.717, 1.165) is 12.8 Å². The number of allylic oxidation sites excluding steroid dienone is 2. The molecule has 0 unspecified atom stereocenters. The Balaban J connectivity index is 2.19. The van der Waals surface area contributed by atoms with Gasteiger partial charge in [0.05, 0.1) is 14.2 Å². The Bertz CT molecular complexity index is 481. The summed E-state index contributed by atoms with van der Waals surface area (Å²) in [6, 6.07) is 5.29. The Morgan fingerprint density at radius 3 is 2.37 bits per heavy atom. The van der Waals surface area contributed by atoms with Gasteiger partial charge in [0.25, 0.3) is 0 Å². The fraction of sp³-hybridized carbons (Fsp3) is 0.438. The van der Waals surface area contributed by atoms with Crippen molar-refractivity contribution >= 4 is 5.78 Å².